The van der Waals surface area contributed by atoms with Crippen LogP contribution in [0.5, 0.6) is 0 Å². The van der Waals surface area contributed by atoms with Crippen LogP contribution in [0.2, 0.25) is 0 Å². The third-order valence-corrected chi connectivity index (χ3v) is 0.704. The molecule has 0 radical (unpaired) electrons. The van der Waals surface area contributed by atoms with E-state index < -0.39 is 21.4 Å². The molecule has 0 aliphatic heterocycles. The summed E-state index contributed by atoms with van der Waals surface area (Å²) in [4.78, 5) is 15.6. The lowest BCUT2D eigenvalue weighted by Gasteiger charge is -2.05. The van der Waals surface area contributed by atoms with E-state index >= 15 is 0 Å². The van der Waals surface area contributed by atoms with Crippen LogP contribution in [0.1, 0.15) is 0 Å². The predicted molar refractivity (Wildman–Crippen MR) is 23.4 cm³/mol. The zero-order valence-electron chi connectivity index (χ0n) is 4.09. The maximum absolute atomic E-state index is 11.1. The zero-order valence-corrected chi connectivity index (χ0v) is 4.99. The first-order chi connectivity index (χ1) is 3.92. The van der Waals surface area contributed by atoms with Gasteiger partial charge in [0.15, 0.2) is 6.61 Å². The second kappa shape index (κ2) is 3.31. The van der Waals surface area contributed by atoms with Gasteiger partial charge in [-0.1, -0.05) is 0 Å². The molecular weight excluding hydrogens is 160 g/mol. The van der Waals surface area contributed by atoms with Crippen molar-refractivity contribution in [3.63, 3.8) is 0 Å². The molecular formula is C2H4F3O3P. The lowest BCUT2D eigenvalue weighted by Crippen LogP contribution is -2.14. The second-order valence-corrected chi connectivity index (χ2v) is 1.91. The Bertz CT molecular complexity index is 81.6. The summed E-state index contributed by atoms with van der Waals surface area (Å²) in [5.41, 5.74) is 0. The molecule has 0 spiro atoms. The highest BCUT2D eigenvalue weighted by Gasteiger charge is 2.28. The van der Waals surface area contributed by atoms with Gasteiger partial charge in [-0.05, 0) is 0 Å². The second-order valence-electron chi connectivity index (χ2n) is 1.14. The Kier molecular flexibility index (Phi) is 3.35. The summed E-state index contributed by atoms with van der Waals surface area (Å²) < 4.78 is 36.7. The van der Waals surface area contributed by atoms with Crippen molar-refractivity contribution in [3.8, 4) is 0 Å². The van der Waals surface area contributed by atoms with E-state index in [2.05, 4.69) is 4.52 Å². The molecule has 0 atom stereocenters. The first kappa shape index (κ1) is 9.10. The van der Waals surface area contributed by atoms with Crippen molar-refractivity contribution in [2.75, 3.05) is 6.61 Å². The summed E-state index contributed by atoms with van der Waals surface area (Å²) in [6.07, 6.45) is -4.49. The highest BCUT2D eigenvalue weighted by Crippen LogP contribution is 2.28. The van der Waals surface area contributed by atoms with Crippen molar-refractivity contribution in [2.45, 2.75) is 6.18 Å². The molecule has 0 bridgehead atoms. The van der Waals surface area contributed by atoms with E-state index in [4.69, 9.17) is 9.79 Å². The highest BCUT2D eigenvalue weighted by molar-refractivity contribution is 7.39. The van der Waals surface area contributed by atoms with Gasteiger partial charge in [-0.3, -0.25) is 0 Å². The van der Waals surface area contributed by atoms with Crippen LogP contribution >= 0.6 is 8.60 Å². The monoisotopic (exact) mass is 164 g/mol. The Morgan fingerprint density at radius 3 is 1.89 bits per heavy atom. The van der Waals surface area contributed by atoms with E-state index in [1.807, 2.05) is 0 Å². The molecule has 0 aromatic rings. The van der Waals surface area contributed by atoms with E-state index in [-0.39, 0.29) is 0 Å². The van der Waals surface area contributed by atoms with E-state index in [1.54, 1.807) is 0 Å². The number of hydrogen-bond donors (Lipinski definition) is 2. The molecule has 0 saturated carbocycles. The normalized spacial score (nSPS) is 12.7. The fourth-order valence-corrected chi connectivity index (χ4v) is 0.393. The van der Waals surface area contributed by atoms with E-state index in [0.717, 1.165) is 0 Å². The standard InChI is InChI=1S/C2H4F3O3P/c3-2(4,5)1-8-9(6)7/h6-7H,1H2. The molecule has 0 aliphatic carbocycles. The van der Waals surface area contributed by atoms with Gasteiger partial charge in [-0.25, -0.2) is 0 Å². The summed E-state index contributed by atoms with van der Waals surface area (Å²) in [5.74, 6) is 0. The molecule has 2 N–H and O–H groups in total. The van der Waals surface area contributed by atoms with Crippen molar-refractivity contribution in [1.29, 1.82) is 0 Å². The first-order valence-corrected chi connectivity index (χ1v) is 2.96. The average Bonchev–Trinajstić information content (AvgIpc) is 1.59. The van der Waals surface area contributed by atoms with E-state index in [0.29, 0.717) is 0 Å². The maximum Gasteiger partial charge on any atom is 0.412 e. The molecule has 0 aromatic heterocycles. The molecule has 7 heteroatoms. The molecule has 0 unspecified atom stereocenters. The van der Waals surface area contributed by atoms with Gasteiger partial charge >= 0.3 is 14.8 Å². The van der Waals surface area contributed by atoms with Gasteiger partial charge in [0, 0.05) is 0 Å². The number of rotatable bonds is 2. The topological polar surface area (TPSA) is 49.7 Å². The fourth-order valence-electron chi connectivity index (χ4n) is 0.131. The molecule has 0 amide bonds. The van der Waals surface area contributed by atoms with Crippen molar-refractivity contribution >= 4 is 8.60 Å². The molecule has 0 fully saturated rings. The van der Waals surface area contributed by atoms with Crippen LogP contribution in [0.25, 0.3) is 0 Å². The summed E-state index contributed by atoms with van der Waals surface area (Å²) in [7, 11) is -2.88. The first-order valence-electron chi connectivity index (χ1n) is 1.79. The number of halogens is 3. The molecule has 9 heavy (non-hydrogen) atoms. The number of hydrogen-bond acceptors (Lipinski definition) is 3. The highest BCUT2D eigenvalue weighted by atomic mass is 31.2. The number of alkyl halides is 3. The Hall–Kier alpha value is 0.100. The van der Waals surface area contributed by atoms with Crippen molar-refractivity contribution < 1.29 is 27.5 Å². The van der Waals surface area contributed by atoms with Gasteiger partial charge in [-0.15, -0.1) is 0 Å². The smallest absolute Gasteiger partial charge is 0.328 e. The van der Waals surface area contributed by atoms with Gasteiger partial charge in [0.1, 0.15) is 0 Å². The minimum absolute atomic E-state index is 1.62. The molecule has 0 heterocycles. The van der Waals surface area contributed by atoms with Crippen LogP contribution in [0.4, 0.5) is 13.2 Å². The quantitative estimate of drug-likeness (QED) is 0.592. The Morgan fingerprint density at radius 1 is 1.33 bits per heavy atom. The van der Waals surface area contributed by atoms with Gasteiger partial charge in [-0.2, -0.15) is 13.2 Å². The Labute approximate surface area is 50.1 Å². The van der Waals surface area contributed by atoms with Gasteiger partial charge in [0.05, 0.1) is 0 Å². The molecule has 0 aliphatic rings. The van der Waals surface area contributed by atoms with Crippen molar-refractivity contribution in [1.82, 2.24) is 0 Å². The molecule has 0 saturated heterocycles. The van der Waals surface area contributed by atoms with Gasteiger partial charge < -0.3 is 14.3 Å². The fraction of sp³-hybridized carbons (Fsp3) is 1.00. The maximum atomic E-state index is 11.1. The van der Waals surface area contributed by atoms with Crippen LogP contribution in [0.3, 0.4) is 0 Å². The lowest BCUT2D eigenvalue weighted by molar-refractivity contribution is -0.154. The summed E-state index contributed by atoms with van der Waals surface area (Å²) >= 11 is 0. The average molecular weight is 164 g/mol. The van der Waals surface area contributed by atoms with E-state index in [1.165, 1.54) is 0 Å². The molecule has 56 valence electrons. The van der Waals surface area contributed by atoms with Crippen LogP contribution in [-0.2, 0) is 4.52 Å². The van der Waals surface area contributed by atoms with Gasteiger partial charge in [0.2, 0.25) is 0 Å². The Morgan fingerprint density at radius 2 is 1.78 bits per heavy atom. The zero-order chi connectivity index (χ0) is 7.49. The SMILES string of the molecule is OP(O)OCC(F)(F)F. The van der Waals surface area contributed by atoms with Crippen LogP contribution in [-0.4, -0.2) is 22.6 Å². The summed E-state index contributed by atoms with van der Waals surface area (Å²) in [5, 5.41) is 0. The summed E-state index contributed by atoms with van der Waals surface area (Å²) in [6, 6.07) is 0. The van der Waals surface area contributed by atoms with Crippen molar-refractivity contribution in [3.05, 3.63) is 0 Å². The van der Waals surface area contributed by atoms with Crippen LogP contribution in [0.15, 0.2) is 0 Å². The third-order valence-electron chi connectivity index (χ3n) is 0.344. The molecule has 3 nitrogen and oxygen atoms in total. The minimum atomic E-state index is -4.49. The van der Waals surface area contributed by atoms with Crippen LogP contribution in [0, 0.1) is 0 Å². The van der Waals surface area contributed by atoms with E-state index in [9.17, 15) is 13.2 Å². The lowest BCUT2D eigenvalue weighted by atomic mass is 10.7. The molecule has 0 rings (SSSR count). The minimum Gasteiger partial charge on any atom is -0.328 e. The molecule has 0 aromatic carbocycles. The largest absolute Gasteiger partial charge is 0.412 e. The Balaban J connectivity index is 3.28. The summed E-state index contributed by atoms with van der Waals surface area (Å²) in [6.45, 7) is -1.62. The third kappa shape index (κ3) is 8.10. The van der Waals surface area contributed by atoms with Crippen LogP contribution < -0.4 is 0 Å². The van der Waals surface area contributed by atoms with Crippen molar-refractivity contribution in [2.24, 2.45) is 0 Å². The van der Waals surface area contributed by atoms with Gasteiger partial charge in [0.25, 0.3) is 0 Å². The predicted octanol–water partition coefficient (Wildman–Crippen LogP) is 0.777.